The number of fused-ring (bicyclic) bond motifs is 3. The second-order valence-corrected chi connectivity index (χ2v) is 7.42. The number of carbonyl (C=O) groups excluding carboxylic acids is 3. The predicted molar refractivity (Wildman–Crippen MR) is 112 cm³/mol. The summed E-state index contributed by atoms with van der Waals surface area (Å²) in [6.07, 6.45) is 0.300. The molecule has 0 spiro atoms. The Labute approximate surface area is 180 Å². The van der Waals surface area contributed by atoms with Gasteiger partial charge in [0.25, 0.3) is 5.91 Å². The maximum absolute atomic E-state index is 13.3. The number of aromatic amines is 1. The second kappa shape index (κ2) is 7.73. The Morgan fingerprint density at radius 3 is 2.81 bits per heavy atom. The van der Waals surface area contributed by atoms with Crippen LogP contribution in [-0.4, -0.2) is 48.9 Å². The Morgan fingerprint density at radius 2 is 1.97 bits per heavy atom. The number of imide groups is 1. The van der Waals surface area contributed by atoms with Gasteiger partial charge >= 0.3 is 0 Å². The molecule has 10 heteroatoms. The Bertz CT molecular complexity index is 1380. The van der Waals surface area contributed by atoms with Crippen molar-refractivity contribution in [1.29, 1.82) is 0 Å². The summed E-state index contributed by atoms with van der Waals surface area (Å²) in [5.41, 5.74) is 1.84. The molecule has 3 amide bonds. The van der Waals surface area contributed by atoms with Gasteiger partial charge in [-0.25, -0.2) is 4.39 Å². The minimum absolute atomic E-state index is 0.00687. The fourth-order valence-electron chi connectivity index (χ4n) is 3.77. The number of amides is 3. The number of aromatic nitrogens is 4. The van der Waals surface area contributed by atoms with Crippen molar-refractivity contribution in [3.8, 4) is 0 Å². The first kappa shape index (κ1) is 19.6. The van der Waals surface area contributed by atoms with E-state index in [1.165, 1.54) is 12.1 Å². The number of anilines is 1. The number of halogens is 1. The van der Waals surface area contributed by atoms with E-state index in [2.05, 4.69) is 20.5 Å². The first-order valence-electron chi connectivity index (χ1n) is 9.86. The van der Waals surface area contributed by atoms with Gasteiger partial charge in [0.15, 0.2) is 0 Å². The Kier molecular flexibility index (Phi) is 4.74. The summed E-state index contributed by atoms with van der Waals surface area (Å²) in [5.74, 6) is -1.53. The number of benzene rings is 2. The molecular formula is C22H17FN6O3. The van der Waals surface area contributed by atoms with Crippen LogP contribution in [0.1, 0.15) is 21.9 Å². The van der Waals surface area contributed by atoms with Crippen LogP contribution in [0.3, 0.4) is 0 Å². The summed E-state index contributed by atoms with van der Waals surface area (Å²) in [5, 5.41) is 9.92. The first-order chi connectivity index (χ1) is 15.5. The smallest absolute Gasteiger partial charge is 0.277 e. The molecular weight excluding hydrogens is 415 g/mol. The number of rotatable bonds is 5. The van der Waals surface area contributed by atoms with Gasteiger partial charge in [-0.3, -0.25) is 29.7 Å². The van der Waals surface area contributed by atoms with Crippen molar-refractivity contribution in [3.63, 3.8) is 0 Å². The van der Waals surface area contributed by atoms with Crippen molar-refractivity contribution >= 4 is 34.6 Å². The minimum atomic E-state index is -0.604. The molecule has 4 aromatic rings. The van der Waals surface area contributed by atoms with Crippen LogP contribution in [0.15, 0.2) is 54.6 Å². The molecule has 2 aromatic heterocycles. The van der Waals surface area contributed by atoms with Crippen LogP contribution in [0.25, 0.3) is 10.9 Å². The molecule has 0 saturated heterocycles. The lowest BCUT2D eigenvalue weighted by molar-refractivity contribution is -0.133. The van der Waals surface area contributed by atoms with E-state index in [1.807, 2.05) is 24.3 Å². The predicted octanol–water partition coefficient (Wildman–Crippen LogP) is 2.11. The zero-order valence-corrected chi connectivity index (χ0v) is 16.7. The van der Waals surface area contributed by atoms with Gasteiger partial charge in [-0.1, -0.05) is 30.3 Å². The lowest BCUT2D eigenvalue weighted by Gasteiger charge is -2.26. The standard InChI is InChI=1S/C22H17FN6O3/c23-15-6-3-4-13(8-15)9-18-24-22(27-26-18)25-19(30)11-29-20(31)12-28-16-7-2-1-5-14(16)10-17(28)21(29)32/h1-8,10H,9,11-12H2,(H2,24,25,26,27,30). The van der Waals surface area contributed by atoms with Gasteiger partial charge in [0, 0.05) is 17.3 Å². The summed E-state index contributed by atoms with van der Waals surface area (Å²) in [7, 11) is 0. The Balaban J connectivity index is 1.27. The highest BCUT2D eigenvalue weighted by atomic mass is 19.1. The van der Waals surface area contributed by atoms with Gasteiger partial charge in [0.2, 0.25) is 17.8 Å². The van der Waals surface area contributed by atoms with Crippen molar-refractivity contribution in [2.75, 3.05) is 11.9 Å². The molecule has 0 aliphatic carbocycles. The molecule has 0 fully saturated rings. The van der Waals surface area contributed by atoms with Gasteiger partial charge in [-0.15, -0.1) is 5.10 Å². The number of carbonyl (C=O) groups is 3. The molecule has 160 valence electrons. The number of nitrogens with zero attached hydrogens (tertiary/aromatic N) is 4. The molecule has 0 atom stereocenters. The molecule has 0 radical (unpaired) electrons. The summed E-state index contributed by atoms with van der Waals surface area (Å²) in [4.78, 5) is 43.0. The van der Waals surface area contributed by atoms with Crippen molar-refractivity contribution < 1.29 is 18.8 Å². The molecule has 2 aromatic carbocycles. The summed E-state index contributed by atoms with van der Waals surface area (Å²) < 4.78 is 15.0. The molecule has 2 N–H and O–H groups in total. The van der Waals surface area contributed by atoms with Crippen LogP contribution in [0, 0.1) is 5.82 Å². The zero-order chi connectivity index (χ0) is 22.2. The van der Waals surface area contributed by atoms with Gasteiger partial charge in [-0.2, -0.15) is 4.98 Å². The fourth-order valence-corrected chi connectivity index (χ4v) is 3.77. The van der Waals surface area contributed by atoms with Crippen molar-refractivity contribution in [2.24, 2.45) is 0 Å². The van der Waals surface area contributed by atoms with E-state index >= 15 is 0 Å². The van der Waals surface area contributed by atoms with Crippen LogP contribution in [0.5, 0.6) is 0 Å². The van der Waals surface area contributed by atoms with E-state index < -0.39 is 24.3 Å². The Hall–Kier alpha value is -4.34. The van der Waals surface area contributed by atoms with E-state index in [0.29, 0.717) is 23.5 Å². The number of H-pyrrole nitrogens is 1. The van der Waals surface area contributed by atoms with Crippen LogP contribution < -0.4 is 5.32 Å². The van der Waals surface area contributed by atoms with E-state index in [0.717, 1.165) is 15.8 Å². The van der Waals surface area contributed by atoms with E-state index in [-0.39, 0.29) is 18.3 Å². The molecule has 1 aliphatic rings. The van der Waals surface area contributed by atoms with Gasteiger partial charge in [-0.05, 0) is 29.8 Å². The average molecular weight is 432 g/mol. The molecule has 0 unspecified atom stereocenters. The van der Waals surface area contributed by atoms with Crippen LogP contribution >= 0.6 is 0 Å². The fraction of sp³-hybridized carbons (Fsp3) is 0.136. The van der Waals surface area contributed by atoms with Gasteiger partial charge in [0.05, 0.1) is 0 Å². The van der Waals surface area contributed by atoms with Crippen LogP contribution in [-0.2, 0) is 22.6 Å². The number of para-hydroxylation sites is 1. The zero-order valence-electron chi connectivity index (χ0n) is 16.7. The minimum Gasteiger partial charge on any atom is -0.327 e. The van der Waals surface area contributed by atoms with Crippen LogP contribution in [0.2, 0.25) is 0 Å². The lowest BCUT2D eigenvalue weighted by Crippen LogP contribution is -2.48. The number of hydrogen-bond donors (Lipinski definition) is 2. The topological polar surface area (TPSA) is 113 Å². The third kappa shape index (κ3) is 3.62. The van der Waals surface area contributed by atoms with Gasteiger partial charge in [0.1, 0.15) is 30.4 Å². The lowest BCUT2D eigenvalue weighted by atomic mass is 10.1. The SMILES string of the molecule is O=C(CN1C(=O)Cn2c(cc3ccccc32)C1=O)Nc1n[nH]c(Cc2cccc(F)c2)n1. The van der Waals surface area contributed by atoms with Crippen molar-refractivity contribution in [3.05, 3.63) is 77.5 Å². The monoisotopic (exact) mass is 432 g/mol. The quantitative estimate of drug-likeness (QED) is 0.469. The number of nitrogens with one attached hydrogen (secondary N) is 2. The molecule has 3 heterocycles. The number of hydrogen-bond acceptors (Lipinski definition) is 5. The molecule has 1 aliphatic heterocycles. The largest absolute Gasteiger partial charge is 0.327 e. The van der Waals surface area contributed by atoms with Crippen LogP contribution in [0.4, 0.5) is 10.3 Å². The molecule has 0 saturated carbocycles. The summed E-state index contributed by atoms with van der Waals surface area (Å²) in [6, 6.07) is 15.2. The average Bonchev–Trinajstić information content (AvgIpc) is 3.35. The molecule has 0 bridgehead atoms. The third-order valence-electron chi connectivity index (χ3n) is 5.21. The highest BCUT2D eigenvalue weighted by Gasteiger charge is 2.33. The highest BCUT2D eigenvalue weighted by molar-refractivity contribution is 6.11. The highest BCUT2D eigenvalue weighted by Crippen LogP contribution is 2.24. The summed E-state index contributed by atoms with van der Waals surface area (Å²) in [6.45, 7) is -0.479. The Morgan fingerprint density at radius 1 is 1.12 bits per heavy atom. The third-order valence-corrected chi connectivity index (χ3v) is 5.21. The normalized spacial score (nSPS) is 13.5. The first-order valence-corrected chi connectivity index (χ1v) is 9.86. The second-order valence-electron chi connectivity index (χ2n) is 7.42. The van der Waals surface area contributed by atoms with Crippen molar-refractivity contribution in [1.82, 2.24) is 24.6 Å². The van der Waals surface area contributed by atoms with Gasteiger partial charge < -0.3 is 4.57 Å². The molecule has 9 nitrogen and oxygen atoms in total. The molecule has 5 rings (SSSR count). The van der Waals surface area contributed by atoms with E-state index in [9.17, 15) is 18.8 Å². The summed E-state index contributed by atoms with van der Waals surface area (Å²) >= 11 is 0. The maximum Gasteiger partial charge on any atom is 0.277 e. The maximum atomic E-state index is 13.3. The van der Waals surface area contributed by atoms with Crippen molar-refractivity contribution in [2.45, 2.75) is 13.0 Å². The van der Waals surface area contributed by atoms with E-state index in [1.54, 1.807) is 22.8 Å². The van der Waals surface area contributed by atoms with E-state index in [4.69, 9.17) is 0 Å². The molecule has 32 heavy (non-hydrogen) atoms.